The standard InChI is InChI=1S/C14H8FNO3S/c15-9-4-1-3-8(7-9)12-11(14(17)18)16-13(19-12)10-5-2-6-20-10/h1-7H,(H,17,18). The first kappa shape index (κ1) is 12.6. The zero-order valence-electron chi connectivity index (χ0n) is 10.0. The highest BCUT2D eigenvalue weighted by molar-refractivity contribution is 7.13. The van der Waals surface area contributed by atoms with E-state index in [1.54, 1.807) is 12.1 Å². The van der Waals surface area contributed by atoms with Crippen LogP contribution >= 0.6 is 11.3 Å². The fraction of sp³-hybridized carbons (Fsp3) is 0. The smallest absolute Gasteiger partial charge is 0.358 e. The fourth-order valence-electron chi connectivity index (χ4n) is 1.80. The summed E-state index contributed by atoms with van der Waals surface area (Å²) >= 11 is 1.38. The second-order valence-electron chi connectivity index (χ2n) is 3.99. The summed E-state index contributed by atoms with van der Waals surface area (Å²) < 4.78 is 18.8. The van der Waals surface area contributed by atoms with Crippen molar-refractivity contribution in [2.24, 2.45) is 0 Å². The number of thiophene rings is 1. The lowest BCUT2D eigenvalue weighted by Gasteiger charge is -1.97. The van der Waals surface area contributed by atoms with Crippen LogP contribution in [-0.4, -0.2) is 16.1 Å². The highest BCUT2D eigenvalue weighted by Crippen LogP contribution is 2.32. The molecule has 0 amide bonds. The zero-order chi connectivity index (χ0) is 14.1. The Morgan fingerprint density at radius 3 is 2.80 bits per heavy atom. The molecule has 2 heterocycles. The van der Waals surface area contributed by atoms with Crippen LogP contribution in [0.1, 0.15) is 10.5 Å². The third-order valence-corrected chi connectivity index (χ3v) is 3.51. The van der Waals surface area contributed by atoms with E-state index in [0.717, 1.165) is 4.88 Å². The van der Waals surface area contributed by atoms with Crippen LogP contribution in [0.25, 0.3) is 22.1 Å². The Hall–Kier alpha value is -2.47. The van der Waals surface area contributed by atoms with E-state index in [9.17, 15) is 14.3 Å². The van der Waals surface area contributed by atoms with Gasteiger partial charge in [0, 0.05) is 5.56 Å². The highest BCUT2D eigenvalue weighted by Gasteiger charge is 2.22. The van der Waals surface area contributed by atoms with Crippen LogP contribution < -0.4 is 0 Å². The number of nitrogens with zero attached hydrogens (tertiary/aromatic N) is 1. The predicted molar refractivity (Wildman–Crippen MR) is 72.2 cm³/mol. The lowest BCUT2D eigenvalue weighted by molar-refractivity contribution is 0.0691. The molecule has 0 aliphatic carbocycles. The molecule has 3 rings (SSSR count). The Bertz CT molecular complexity index is 765. The van der Waals surface area contributed by atoms with E-state index >= 15 is 0 Å². The molecule has 0 saturated carbocycles. The van der Waals surface area contributed by atoms with E-state index in [4.69, 9.17) is 4.42 Å². The molecule has 1 aromatic carbocycles. The second kappa shape index (κ2) is 4.90. The molecule has 0 bridgehead atoms. The average Bonchev–Trinajstić information content (AvgIpc) is 3.08. The van der Waals surface area contributed by atoms with Crippen LogP contribution in [0.3, 0.4) is 0 Å². The summed E-state index contributed by atoms with van der Waals surface area (Å²) in [7, 11) is 0. The first-order valence-electron chi connectivity index (χ1n) is 5.69. The van der Waals surface area contributed by atoms with E-state index in [1.165, 1.54) is 29.5 Å². The van der Waals surface area contributed by atoms with Crippen molar-refractivity contribution in [1.29, 1.82) is 0 Å². The number of hydrogen-bond donors (Lipinski definition) is 1. The number of hydrogen-bond acceptors (Lipinski definition) is 4. The Kier molecular flexibility index (Phi) is 3.08. The minimum atomic E-state index is -1.21. The maximum Gasteiger partial charge on any atom is 0.358 e. The summed E-state index contributed by atoms with van der Waals surface area (Å²) in [4.78, 5) is 15.9. The molecule has 0 atom stereocenters. The van der Waals surface area contributed by atoms with Crippen molar-refractivity contribution in [3.8, 4) is 22.1 Å². The van der Waals surface area contributed by atoms with Crippen molar-refractivity contribution >= 4 is 17.3 Å². The fourth-order valence-corrected chi connectivity index (χ4v) is 2.45. The summed E-state index contributed by atoms with van der Waals surface area (Å²) in [5, 5.41) is 11.0. The molecule has 0 unspecified atom stereocenters. The van der Waals surface area contributed by atoms with Gasteiger partial charge >= 0.3 is 5.97 Å². The number of aromatic nitrogens is 1. The van der Waals surface area contributed by atoms with Crippen LogP contribution in [0.4, 0.5) is 4.39 Å². The van der Waals surface area contributed by atoms with E-state index < -0.39 is 11.8 Å². The minimum absolute atomic E-state index is 0.0559. The van der Waals surface area contributed by atoms with Crippen molar-refractivity contribution in [3.05, 3.63) is 53.3 Å². The van der Waals surface area contributed by atoms with Gasteiger partial charge in [-0.25, -0.2) is 14.2 Å². The van der Waals surface area contributed by atoms with E-state index in [0.29, 0.717) is 5.56 Å². The van der Waals surface area contributed by atoms with Gasteiger partial charge in [0.1, 0.15) is 5.82 Å². The lowest BCUT2D eigenvalue weighted by Crippen LogP contribution is -1.98. The average molecular weight is 289 g/mol. The molecule has 4 nitrogen and oxygen atoms in total. The molecule has 20 heavy (non-hydrogen) atoms. The summed E-state index contributed by atoms with van der Waals surface area (Å²) in [6.45, 7) is 0. The van der Waals surface area contributed by atoms with Gasteiger partial charge in [0.25, 0.3) is 0 Å². The number of carboxylic acids is 1. The highest BCUT2D eigenvalue weighted by atomic mass is 32.1. The van der Waals surface area contributed by atoms with Gasteiger partial charge in [-0.15, -0.1) is 11.3 Å². The summed E-state index contributed by atoms with van der Waals surface area (Å²) in [6, 6.07) is 9.15. The Morgan fingerprint density at radius 1 is 1.30 bits per heavy atom. The molecule has 3 aromatic rings. The molecule has 0 fully saturated rings. The van der Waals surface area contributed by atoms with Crippen LogP contribution in [0.15, 0.2) is 46.2 Å². The third-order valence-electron chi connectivity index (χ3n) is 2.65. The number of rotatable bonds is 3. The molecule has 0 spiro atoms. The first-order valence-corrected chi connectivity index (χ1v) is 6.57. The maximum absolute atomic E-state index is 13.3. The number of carboxylic acid groups (broad SMARTS) is 1. The van der Waals surface area contributed by atoms with Gasteiger partial charge in [0.2, 0.25) is 5.89 Å². The van der Waals surface area contributed by atoms with Crippen molar-refractivity contribution < 1.29 is 18.7 Å². The first-order chi connectivity index (χ1) is 9.65. The van der Waals surface area contributed by atoms with Crippen molar-refractivity contribution in [3.63, 3.8) is 0 Å². The quantitative estimate of drug-likeness (QED) is 0.794. The number of oxazole rings is 1. The second-order valence-corrected chi connectivity index (χ2v) is 4.94. The summed E-state index contributed by atoms with van der Waals surface area (Å²) in [5.41, 5.74) is 0.122. The molecule has 6 heteroatoms. The molecule has 2 aromatic heterocycles. The monoisotopic (exact) mass is 289 g/mol. The Labute approximate surface area is 117 Å². The van der Waals surface area contributed by atoms with E-state index in [-0.39, 0.29) is 17.3 Å². The predicted octanol–water partition coefficient (Wildman–Crippen LogP) is 3.91. The van der Waals surface area contributed by atoms with Crippen molar-refractivity contribution in [2.75, 3.05) is 0 Å². The van der Waals surface area contributed by atoms with Crippen molar-refractivity contribution in [2.45, 2.75) is 0 Å². The SMILES string of the molecule is O=C(O)c1nc(-c2cccs2)oc1-c1cccc(F)c1. The molecule has 0 radical (unpaired) electrons. The summed E-state index contributed by atoms with van der Waals surface area (Å²) in [6.07, 6.45) is 0. The number of carbonyl (C=O) groups is 1. The van der Waals surface area contributed by atoms with Gasteiger partial charge in [-0.3, -0.25) is 0 Å². The van der Waals surface area contributed by atoms with Gasteiger partial charge in [-0.2, -0.15) is 0 Å². The number of aromatic carboxylic acids is 1. The number of halogens is 1. The van der Waals surface area contributed by atoms with Gasteiger partial charge < -0.3 is 9.52 Å². The minimum Gasteiger partial charge on any atom is -0.476 e. The van der Waals surface area contributed by atoms with Crippen LogP contribution in [0, 0.1) is 5.82 Å². The van der Waals surface area contributed by atoms with Crippen LogP contribution in [0.5, 0.6) is 0 Å². The molecule has 0 aliphatic rings. The number of benzene rings is 1. The molecule has 1 N–H and O–H groups in total. The van der Waals surface area contributed by atoms with Gasteiger partial charge in [0.15, 0.2) is 11.5 Å². The molecular formula is C14H8FNO3S. The van der Waals surface area contributed by atoms with Crippen LogP contribution in [-0.2, 0) is 0 Å². The van der Waals surface area contributed by atoms with E-state index in [2.05, 4.69) is 4.98 Å². The van der Waals surface area contributed by atoms with Gasteiger partial charge in [-0.05, 0) is 23.6 Å². The maximum atomic E-state index is 13.3. The summed E-state index contributed by atoms with van der Waals surface area (Å²) in [5.74, 6) is -1.40. The molecular weight excluding hydrogens is 281 g/mol. The zero-order valence-corrected chi connectivity index (χ0v) is 10.9. The lowest BCUT2D eigenvalue weighted by atomic mass is 10.1. The van der Waals surface area contributed by atoms with Gasteiger partial charge in [0.05, 0.1) is 4.88 Å². The topological polar surface area (TPSA) is 63.3 Å². The molecule has 100 valence electrons. The molecule has 0 saturated heterocycles. The van der Waals surface area contributed by atoms with Crippen LogP contribution in [0.2, 0.25) is 0 Å². The normalized spacial score (nSPS) is 10.7. The Morgan fingerprint density at radius 2 is 2.15 bits per heavy atom. The van der Waals surface area contributed by atoms with E-state index in [1.807, 2.05) is 11.4 Å². The third kappa shape index (κ3) is 2.21. The van der Waals surface area contributed by atoms with Gasteiger partial charge in [-0.1, -0.05) is 18.2 Å². The Balaban J connectivity index is 2.17. The largest absolute Gasteiger partial charge is 0.476 e. The molecule has 0 aliphatic heterocycles. The van der Waals surface area contributed by atoms with Crippen molar-refractivity contribution in [1.82, 2.24) is 4.98 Å².